The van der Waals surface area contributed by atoms with E-state index >= 15 is 0 Å². The number of benzene rings is 1. The standard InChI is InChI=1S/C21H26F2N4O3/c1-21(2,3)18(19(29)24-4)25-20(30)27-16-8-6-12(28)10-13(16)17(26-27)11-5-7-14(22)15(23)9-11/h5,7,9,12,18,28H,6,8,10H2,1-4H3,(H,24,29)(H,25,30)/t12-,18?/m0/s1. The molecule has 2 aromatic rings. The zero-order valence-corrected chi connectivity index (χ0v) is 17.4. The second kappa shape index (κ2) is 8.14. The van der Waals surface area contributed by atoms with Crippen LogP contribution in [0.4, 0.5) is 13.6 Å². The van der Waals surface area contributed by atoms with Crippen molar-refractivity contribution in [1.82, 2.24) is 20.4 Å². The number of aliphatic hydroxyl groups excluding tert-OH is 1. The van der Waals surface area contributed by atoms with Crippen LogP contribution >= 0.6 is 0 Å². The van der Waals surface area contributed by atoms with E-state index in [0.29, 0.717) is 35.4 Å². The number of likely N-dealkylation sites (N-methyl/N-ethyl adjacent to an activating group) is 1. The number of nitrogens with one attached hydrogen (secondary N) is 2. The van der Waals surface area contributed by atoms with Crippen molar-refractivity contribution in [2.24, 2.45) is 5.41 Å². The van der Waals surface area contributed by atoms with Crippen molar-refractivity contribution >= 4 is 11.9 Å². The average Bonchev–Trinajstić information content (AvgIpc) is 3.05. The summed E-state index contributed by atoms with van der Waals surface area (Å²) in [5.74, 6) is -2.35. The number of nitrogens with zero attached hydrogens (tertiary/aromatic N) is 2. The molecule has 1 aromatic heterocycles. The lowest BCUT2D eigenvalue weighted by atomic mass is 9.86. The van der Waals surface area contributed by atoms with E-state index in [2.05, 4.69) is 15.7 Å². The van der Waals surface area contributed by atoms with E-state index < -0.39 is 35.2 Å². The Bertz CT molecular complexity index is 981. The summed E-state index contributed by atoms with van der Waals surface area (Å²) in [5, 5.41) is 19.7. The first kappa shape index (κ1) is 21.9. The zero-order valence-electron chi connectivity index (χ0n) is 17.4. The van der Waals surface area contributed by atoms with Gasteiger partial charge < -0.3 is 15.7 Å². The summed E-state index contributed by atoms with van der Waals surface area (Å²) < 4.78 is 28.3. The number of fused-ring (bicyclic) bond motifs is 1. The lowest BCUT2D eigenvalue weighted by molar-refractivity contribution is -0.124. The van der Waals surface area contributed by atoms with Crippen molar-refractivity contribution < 1.29 is 23.5 Å². The Hall–Kier alpha value is -2.81. The van der Waals surface area contributed by atoms with Crippen LogP contribution in [0.25, 0.3) is 11.3 Å². The van der Waals surface area contributed by atoms with E-state index in [0.717, 1.165) is 12.1 Å². The highest BCUT2D eigenvalue weighted by molar-refractivity contribution is 5.88. The molecule has 1 aromatic carbocycles. The Morgan fingerprint density at radius 1 is 1.27 bits per heavy atom. The maximum atomic E-state index is 13.8. The lowest BCUT2D eigenvalue weighted by Crippen LogP contribution is -2.54. The summed E-state index contributed by atoms with van der Waals surface area (Å²) in [6.07, 6.45) is 0.465. The van der Waals surface area contributed by atoms with Gasteiger partial charge in [0.2, 0.25) is 5.91 Å². The minimum Gasteiger partial charge on any atom is -0.393 e. The first-order valence-corrected chi connectivity index (χ1v) is 9.79. The third-order valence-corrected chi connectivity index (χ3v) is 5.27. The summed E-state index contributed by atoms with van der Waals surface area (Å²) >= 11 is 0. The molecule has 1 heterocycles. The molecule has 1 unspecified atom stereocenters. The van der Waals surface area contributed by atoms with E-state index in [1.54, 1.807) is 0 Å². The summed E-state index contributed by atoms with van der Waals surface area (Å²) in [4.78, 5) is 25.3. The highest BCUT2D eigenvalue weighted by Gasteiger charge is 2.34. The van der Waals surface area contributed by atoms with Gasteiger partial charge in [0.25, 0.3) is 0 Å². The van der Waals surface area contributed by atoms with Crippen LogP contribution in [0.15, 0.2) is 18.2 Å². The normalized spacial score (nSPS) is 17.2. The summed E-state index contributed by atoms with van der Waals surface area (Å²) in [7, 11) is 1.49. The van der Waals surface area contributed by atoms with Crippen LogP contribution in [0.1, 0.15) is 38.4 Å². The number of rotatable bonds is 3. The van der Waals surface area contributed by atoms with Gasteiger partial charge in [0, 0.05) is 24.6 Å². The summed E-state index contributed by atoms with van der Waals surface area (Å²) in [5.41, 5.74) is 1.26. The maximum absolute atomic E-state index is 13.8. The van der Waals surface area contributed by atoms with Crippen LogP contribution in [-0.4, -0.2) is 46.0 Å². The van der Waals surface area contributed by atoms with E-state index in [1.165, 1.54) is 17.8 Å². The van der Waals surface area contributed by atoms with E-state index in [1.807, 2.05) is 20.8 Å². The van der Waals surface area contributed by atoms with Crippen LogP contribution in [0.5, 0.6) is 0 Å². The van der Waals surface area contributed by atoms with Gasteiger partial charge in [0.05, 0.1) is 17.5 Å². The molecular weight excluding hydrogens is 394 g/mol. The third-order valence-electron chi connectivity index (χ3n) is 5.27. The van der Waals surface area contributed by atoms with Gasteiger partial charge in [0.1, 0.15) is 6.04 Å². The van der Waals surface area contributed by atoms with Gasteiger partial charge in [-0.1, -0.05) is 20.8 Å². The van der Waals surface area contributed by atoms with Crippen LogP contribution in [0.2, 0.25) is 0 Å². The number of aromatic nitrogens is 2. The van der Waals surface area contributed by atoms with E-state index in [4.69, 9.17) is 0 Å². The number of halogens is 2. The van der Waals surface area contributed by atoms with Crippen molar-refractivity contribution in [3.63, 3.8) is 0 Å². The first-order valence-electron chi connectivity index (χ1n) is 9.79. The molecule has 7 nitrogen and oxygen atoms in total. The Labute approximate surface area is 173 Å². The molecule has 3 N–H and O–H groups in total. The summed E-state index contributed by atoms with van der Waals surface area (Å²) in [6.45, 7) is 5.48. The van der Waals surface area contributed by atoms with E-state index in [9.17, 15) is 23.5 Å². The van der Waals surface area contributed by atoms with Crippen molar-refractivity contribution in [3.05, 3.63) is 41.1 Å². The van der Waals surface area contributed by atoms with Gasteiger partial charge in [-0.25, -0.2) is 13.6 Å². The first-order chi connectivity index (χ1) is 14.0. The van der Waals surface area contributed by atoms with Gasteiger partial charge in [-0.05, 0) is 36.5 Å². The highest BCUT2D eigenvalue weighted by Crippen LogP contribution is 2.32. The third kappa shape index (κ3) is 4.21. The van der Waals surface area contributed by atoms with Crippen LogP contribution < -0.4 is 10.6 Å². The molecule has 162 valence electrons. The SMILES string of the molecule is CNC(=O)C(NC(=O)n1nc(-c2ccc(F)c(F)c2)c2c1CC[C@H](O)C2)C(C)(C)C. The number of carbonyl (C=O) groups is 2. The van der Waals surface area contributed by atoms with Gasteiger partial charge in [-0.2, -0.15) is 9.78 Å². The minimum absolute atomic E-state index is 0.245. The van der Waals surface area contributed by atoms with E-state index in [-0.39, 0.29) is 12.3 Å². The topological polar surface area (TPSA) is 96.3 Å². The number of carbonyl (C=O) groups excluding carboxylic acids is 2. The molecule has 2 amide bonds. The highest BCUT2D eigenvalue weighted by atomic mass is 19.2. The predicted octanol–water partition coefficient (Wildman–Crippen LogP) is 2.40. The van der Waals surface area contributed by atoms with Gasteiger partial charge >= 0.3 is 6.03 Å². The molecule has 1 aliphatic rings. The largest absolute Gasteiger partial charge is 0.393 e. The molecule has 2 atom stereocenters. The second-order valence-corrected chi connectivity index (χ2v) is 8.57. The Morgan fingerprint density at radius 3 is 2.57 bits per heavy atom. The molecule has 9 heteroatoms. The van der Waals surface area contributed by atoms with Gasteiger partial charge in [0.15, 0.2) is 11.6 Å². The fourth-order valence-corrected chi connectivity index (χ4v) is 3.65. The van der Waals surface area contributed by atoms with Crippen molar-refractivity contribution in [2.75, 3.05) is 7.05 Å². The molecule has 0 bridgehead atoms. The van der Waals surface area contributed by atoms with Crippen molar-refractivity contribution in [2.45, 2.75) is 52.2 Å². The molecule has 0 spiro atoms. The monoisotopic (exact) mass is 420 g/mol. The molecule has 1 aliphatic carbocycles. The Balaban J connectivity index is 2.04. The molecular formula is C21H26F2N4O3. The average molecular weight is 420 g/mol. The molecule has 3 rings (SSSR count). The van der Waals surface area contributed by atoms with Crippen LogP contribution in [-0.2, 0) is 17.6 Å². The molecule has 0 aliphatic heterocycles. The Kier molecular flexibility index (Phi) is 5.94. The lowest BCUT2D eigenvalue weighted by Gasteiger charge is -2.30. The molecule has 0 saturated carbocycles. The quantitative estimate of drug-likeness (QED) is 0.711. The fraction of sp³-hybridized carbons (Fsp3) is 0.476. The van der Waals surface area contributed by atoms with Crippen molar-refractivity contribution in [1.29, 1.82) is 0 Å². The van der Waals surface area contributed by atoms with Gasteiger partial charge in [-0.3, -0.25) is 4.79 Å². The number of hydrogen-bond acceptors (Lipinski definition) is 4. The molecule has 0 radical (unpaired) electrons. The van der Waals surface area contributed by atoms with Crippen molar-refractivity contribution in [3.8, 4) is 11.3 Å². The van der Waals surface area contributed by atoms with Crippen LogP contribution in [0, 0.1) is 17.0 Å². The Morgan fingerprint density at radius 2 is 1.97 bits per heavy atom. The van der Waals surface area contributed by atoms with Crippen LogP contribution in [0.3, 0.4) is 0 Å². The zero-order chi connectivity index (χ0) is 22.2. The number of amides is 2. The molecule has 0 saturated heterocycles. The number of aliphatic hydroxyl groups is 1. The number of hydrogen-bond donors (Lipinski definition) is 3. The summed E-state index contributed by atoms with van der Waals surface area (Å²) in [6, 6.07) is 1.99. The predicted molar refractivity (Wildman–Crippen MR) is 107 cm³/mol. The molecule has 0 fully saturated rings. The maximum Gasteiger partial charge on any atom is 0.343 e. The second-order valence-electron chi connectivity index (χ2n) is 8.57. The van der Waals surface area contributed by atoms with Gasteiger partial charge in [-0.15, -0.1) is 0 Å². The smallest absolute Gasteiger partial charge is 0.343 e. The fourth-order valence-electron chi connectivity index (χ4n) is 3.65. The minimum atomic E-state index is -1.02. The molecule has 30 heavy (non-hydrogen) atoms.